The van der Waals surface area contributed by atoms with Crippen LogP contribution in [0.5, 0.6) is 11.5 Å². The highest BCUT2D eigenvalue weighted by atomic mass is 32.7. The normalized spacial score (nSPS) is 11.2. The van der Waals surface area contributed by atoms with E-state index in [-0.39, 0.29) is 7.41 Å². The fourth-order valence-corrected chi connectivity index (χ4v) is 4.40. The van der Waals surface area contributed by atoms with Gasteiger partial charge in [-0.25, -0.2) is 8.42 Å². The lowest BCUT2D eigenvalue weighted by Gasteiger charge is -2.09. The maximum absolute atomic E-state index is 11.8. The lowest BCUT2D eigenvalue weighted by Crippen LogP contribution is -2.02. The zero-order chi connectivity index (χ0) is 16.2. The molecule has 6 heteroatoms. The second-order valence-electron chi connectivity index (χ2n) is 4.63. The van der Waals surface area contributed by atoms with E-state index in [4.69, 9.17) is 9.47 Å². The summed E-state index contributed by atoms with van der Waals surface area (Å²) >= 11 is 0. The lowest BCUT2D eigenvalue weighted by atomic mass is 10.0. The molecule has 0 N–H and O–H groups in total. The van der Waals surface area contributed by atoms with E-state index in [1.165, 1.54) is 6.26 Å². The minimum Gasteiger partial charge on any atom is -0.497 e. The van der Waals surface area contributed by atoms with Gasteiger partial charge in [-0.15, -0.1) is 0 Å². The number of rotatable bonds is 5. The molecule has 0 fully saturated rings. The van der Waals surface area contributed by atoms with Gasteiger partial charge in [0.15, 0.2) is 9.46 Å². The van der Waals surface area contributed by atoms with Gasteiger partial charge in [-0.1, -0.05) is 24.3 Å². The number of methoxy groups -OCH3 is 2. The summed E-state index contributed by atoms with van der Waals surface area (Å²) < 4.78 is 33.8. The molecule has 0 aliphatic carbocycles. The quantitative estimate of drug-likeness (QED) is 0.787. The zero-order valence-electron chi connectivity index (χ0n) is 12.6. The van der Waals surface area contributed by atoms with E-state index in [9.17, 15) is 8.42 Å². The molecule has 0 aliphatic rings. The summed E-state index contributed by atoms with van der Waals surface area (Å²) in [5.41, 5.74) is 1.69. The summed E-state index contributed by atoms with van der Waals surface area (Å²) in [6.45, 7) is 0. The molecule has 0 radical (unpaired) electrons. The molecule has 0 bridgehead atoms. The molecule has 2 aromatic carbocycles. The van der Waals surface area contributed by atoms with E-state index in [0.29, 0.717) is 0 Å². The lowest BCUT2D eigenvalue weighted by molar-refractivity contribution is 0.414. The van der Waals surface area contributed by atoms with Crippen molar-refractivity contribution in [1.82, 2.24) is 0 Å². The van der Waals surface area contributed by atoms with Crippen molar-refractivity contribution in [2.24, 2.45) is 0 Å². The van der Waals surface area contributed by atoms with Crippen LogP contribution < -0.4 is 9.47 Å². The monoisotopic (exact) mass is 336 g/mol. The molecule has 2 rings (SSSR count). The van der Waals surface area contributed by atoms with Gasteiger partial charge in [0.05, 0.1) is 14.2 Å². The Hall–Kier alpha value is -1.84. The molecular weight excluding hydrogens is 319 g/mol. The van der Waals surface area contributed by atoms with Gasteiger partial charge in [-0.05, 0) is 35.4 Å². The topological polar surface area (TPSA) is 52.6 Å². The summed E-state index contributed by atoms with van der Waals surface area (Å²) in [5.74, 6) is 1.46. The highest BCUT2D eigenvalue weighted by molar-refractivity contribution is 8.42. The first kappa shape index (κ1) is 16.5. The first-order chi connectivity index (χ1) is 10.4. The van der Waals surface area contributed by atoms with Crippen molar-refractivity contribution in [3.63, 3.8) is 0 Å². The minimum absolute atomic E-state index is 0.266. The molecule has 0 aliphatic heterocycles. The van der Waals surface area contributed by atoms with Crippen molar-refractivity contribution < 1.29 is 17.9 Å². The Bertz CT molecular complexity index is 713. The molecule has 0 saturated carbocycles. The SMILES string of the molecule is COc1ccc(C(=PS(C)(=O)=O)c2ccc(OC)cc2)cc1. The van der Waals surface area contributed by atoms with Crippen molar-refractivity contribution in [2.45, 2.75) is 0 Å². The molecule has 0 heterocycles. The Kier molecular flexibility index (Phi) is 5.22. The van der Waals surface area contributed by atoms with E-state index in [1.54, 1.807) is 14.2 Å². The number of hydrogen-bond acceptors (Lipinski definition) is 4. The molecule has 0 spiro atoms. The molecule has 0 aromatic heterocycles. The molecule has 0 atom stereocenters. The molecular formula is C16H17O4PS. The maximum atomic E-state index is 11.8. The fourth-order valence-electron chi connectivity index (χ4n) is 1.94. The number of hydrogen-bond donors (Lipinski definition) is 0. The second kappa shape index (κ2) is 6.95. The van der Waals surface area contributed by atoms with Crippen LogP contribution in [0.4, 0.5) is 0 Å². The summed E-state index contributed by atoms with van der Waals surface area (Å²) in [6, 6.07) is 14.7. The van der Waals surface area contributed by atoms with Gasteiger partial charge in [-0.2, -0.15) is 0 Å². The maximum Gasteiger partial charge on any atom is 0.190 e. The molecule has 0 unspecified atom stereocenters. The van der Waals surface area contributed by atoms with Gasteiger partial charge in [0, 0.05) is 19.0 Å². The van der Waals surface area contributed by atoms with E-state index in [0.717, 1.165) is 27.9 Å². The van der Waals surface area contributed by atoms with Gasteiger partial charge >= 0.3 is 0 Å². The summed E-state index contributed by atoms with van der Waals surface area (Å²) in [7, 11) is 0.278. The molecule has 2 aromatic rings. The third-order valence-electron chi connectivity index (χ3n) is 2.98. The Morgan fingerprint density at radius 2 is 1.18 bits per heavy atom. The second-order valence-corrected chi connectivity index (χ2v) is 9.26. The smallest absolute Gasteiger partial charge is 0.190 e. The van der Waals surface area contributed by atoms with Crippen LogP contribution in [0.25, 0.3) is 0 Å². The fraction of sp³-hybridized carbons (Fsp3) is 0.188. The third-order valence-corrected chi connectivity index (χ3v) is 5.56. The highest BCUT2D eigenvalue weighted by Gasteiger charge is 2.10. The van der Waals surface area contributed by atoms with E-state index in [1.807, 2.05) is 48.5 Å². The van der Waals surface area contributed by atoms with Crippen molar-refractivity contribution in [2.75, 3.05) is 20.5 Å². The predicted molar refractivity (Wildman–Crippen MR) is 91.0 cm³/mol. The summed E-state index contributed by atoms with van der Waals surface area (Å²) in [4.78, 5) is 0. The van der Waals surface area contributed by atoms with Crippen molar-refractivity contribution in [3.8, 4) is 11.5 Å². The summed E-state index contributed by atoms with van der Waals surface area (Å²) in [6.07, 6.45) is 1.22. The standard InChI is InChI=1S/C16H17O4PS/c1-19-14-8-4-12(5-9-14)16(21-22(3,17)18)13-6-10-15(20-2)11-7-13/h4-11H,1-3H3. The van der Waals surface area contributed by atoms with Gasteiger partial charge in [0.1, 0.15) is 11.5 Å². The Morgan fingerprint density at radius 3 is 1.45 bits per heavy atom. The molecule has 22 heavy (non-hydrogen) atoms. The molecule has 116 valence electrons. The Balaban J connectivity index is 2.52. The molecule has 0 amide bonds. The van der Waals surface area contributed by atoms with Crippen LogP contribution in [-0.2, 0) is 9.46 Å². The first-order valence-electron chi connectivity index (χ1n) is 6.52. The van der Waals surface area contributed by atoms with Crippen LogP contribution in [0.1, 0.15) is 11.1 Å². The van der Waals surface area contributed by atoms with Crippen LogP contribution in [0.3, 0.4) is 0 Å². The number of ether oxygens (including phenoxy) is 2. The van der Waals surface area contributed by atoms with Crippen LogP contribution in [-0.4, -0.2) is 34.2 Å². The Morgan fingerprint density at radius 1 is 0.818 bits per heavy atom. The third kappa shape index (κ3) is 4.33. The minimum atomic E-state index is -3.18. The van der Waals surface area contributed by atoms with Gasteiger partial charge in [0.2, 0.25) is 0 Å². The molecule has 4 nitrogen and oxygen atoms in total. The van der Waals surface area contributed by atoms with Crippen molar-refractivity contribution >= 4 is 22.2 Å². The molecule has 0 saturated heterocycles. The van der Waals surface area contributed by atoms with Gasteiger partial charge < -0.3 is 9.47 Å². The predicted octanol–water partition coefficient (Wildman–Crippen LogP) is 3.18. The van der Waals surface area contributed by atoms with Crippen molar-refractivity contribution in [1.29, 1.82) is 0 Å². The Labute approximate surface area is 132 Å². The van der Waals surface area contributed by atoms with Gasteiger partial charge in [0.25, 0.3) is 0 Å². The zero-order valence-corrected chi connectivity index (χ0v) is 14.3. The van der Waals surface area contributed by atoms with Crippen LogP contribution in [0.15, 0.2) is 48.5 Å². The van der Waals surface area contributed by atoms with Crippen LogP contribution in [0, 0.1) is 0 Å². The van der Waals surface area contributed by atoms with E-state index >= 15 is 0 Å². The van der Waals surface area contributed by atoms with Crippen LogP contribution >= 0.6 is 7.41 Å². The summed E-state index contributed by atoms with van der Waals surface area (Å²) in [5, 5.41) is 0.729. The first-order valence-corrected chi connectivity index (χ1v) is 9.91. The van der Waals surface area contributed by atoms with E-state index in [2.05, 4.69) is 0 Å². The highest BCUT2D eigenvalue weighted by Crippen LogP contribution is 2.24. The number of benzene rings is 2. The average Bonchev–Trinajstić information content (AvgIpc) is 2.52. The van der Waals surface area contributed by atoms with Gasteiger partial charge in [-0.3, -0.25) is 0 Å². The van der Waals surface area contributed by atoms with Crippen LogP contribution in [0.2, 0.25) is 0 Å². The average molecular weight is 336 g/mol. The van der Waals surface area contributed by atoms with Crippen molar-refractivity contribution in [3.05, 3.63) is 59.7 Å². The largest absolute Gasteiger partial charge is 0.497 e. The van der Waals surface area contributed by atoms with E-state index < -0.39 is 9.46 Å².